The number of rotatable bonds is 5. The molecule has 1 N–H and O–H groups in total. The lowest BCUT2D eigenvalue weighted by Gasteiger charge is -2.26. The van der Waals surface area contributed by atoms with Crippen LogP contribution in [0.5, 0.6) is 0 Å². The van der Waals surface area contributed by atoms with E-state index in [1.54, 1.807) is 0 Å². The van der Waals surface area contributed by atoms with E-state index < -0.39 is 35.4 Å². The number of hydrogen-bond acceptors (Lipinski definition) is 4. The third-order valence-electron chi connectivity index (χ3n) is 2.35. The van der Waals surface area contributed by atoms with Crippen LogP contribution in [-0.2, 0) is 16.6 Å². The Labute approximate surface area is 113 Å². The van der Waals surface area contributed by atoms with Gasteiger partial charge in [0.25, 0.3) is 0 Å². The lowest BCUT2D eigenvalue weighted by Crippen LogP contribution is -2.43. The molecule has 0 aromatic carbocycles. The second-order valence-electron chi connectivity index (χ2n) is 4.13. The van der Waals surface area contributed by atoms with Crippen LogP contribution in [0.1, 0.15) is 18.7 Å². The summed E-state index contributed by atoms with van der Waals surface area (Å²) in [7, 11) is -4.27. The molecule has 0 atom stereocenters. The molecule has 0 saturated carbocycles. The van der Waals surface area contributed by atoms with Crippen LogP contribution in [0, 0.1) is 0 Å². The SMILES string of the molecule is CC(C)N(CC(F)(F)F)S(=O)(=O)c1ccsc1CO. The average molecular weight is 317 g/mol. The predicted molar refractivity (Wildman–Crippen MR) is 65.3 cm³/mol. The highest BCUT2D eigenvalue weighted by Crippen LogP contribution is 2.29. The fourth-order valence-electron chi connectivity index (χ4n) is 1.52. The number of nitrogens with zero attached hydrogens (tertiary/aromatic N) is 1. The quantitative estimate of drug-likeness (QED) is 0.906. The van der Waals surface area contributed by atoms with Crippen LogP contribution in [0.25, 0.3) is 0 Å². The van der Waals surface area contributed by atoms with E-state index in [1.165, 1.54) is 25.3 Å². The molecule has 1 aromatic rings. The first-order valence-electron chi connectivity index (χ1n) is 5.35. The van der Waals surface area contributed by atoms with Gasteiger partial charge in [0.15, 0.2) is 0 Å². The monoisotopic (exact) mass is 317 g/mol. The lowest BCUT2D eigenvalue weighted by atomic mass is 10.4. The minimum Gasteiger partial charge on any atom is -0.391 e. The van der Waals surface area contributed by atoms with E-state index in [9.17, 15) is 21.6 Å². The number of halogens is 3. The van der Waals surface area contributed by atoms with Gasteiger partial charge in [-0.25, -0.2) is 8.42 Å². The van der Waals surface area contributed by atoms with E-state index in [2.05, 4.69) is 0 Å². The van der Waals surface area contributed by atoms with Gasteiger partial charge in [-0.1, -0.05) is 0 Å². The molecule has 4 nitrogen and oxygen atoms in total. The zero-order valence-corrected chi connectivity index (χ0v) is 11.9. The fourth-order valence-corrected chi connectivity index (χ4v) is 4.41. The Kier molecular flexibility index (Phi) is 4.99. The van der Waals surface area contributed by atoms with E-state index in [0.717, 1.165) is 11.3 Å². The Bertz CT molecular complexity index is 522. The average Bonchev–Trinajstić information content (AvgIpc) is 2.72. The summed E-state index contributed by atoms with van der Waals surface area (Å²) < 4.78 is 62.2. The predicted octanol–water partition coefficient (Wildman–Crippen LogP) is 2.20. The normalized spacial score (nSPS) is 13.5. The van der Waals surface area contributed by atoms with Gasteiger partial charge in [0.1, 0.15) is 6.54 Å². The summed E-state index contributed by atoms with van der Waals surface area (Å²) >= 11 is 0.986. The van der Waals surface area contributed by atoms with Gasteiger partial charge in [0, 0.05) is 10.9 Å². The summed E-state index contributed by atoms with van der Waals surface area (Å²) in [5, 5.41) is 10.5. The third kappa shape index (κ3) is 3.91. The number of sulfonamides is 1. The molecule has 0 aliphatic rings. The van der Waals surface area contributed by atoms with Crippen LogP contribution in [0.15, 0.2) is 16.3 Å². The maximum atomic E-state index is 12.5. The summed E-state index contributed by atoms with van der Waals surface area (Å²) in [4.78, 5) is -0.134. The second-order valence-corrected chi connectivity index (χ2v) is 6.98. The molecular weight excluding hydrogens is 303 g/mol. The maximum Gasteiger partial charge on any atom is 0.402 e. The summed E-state index contributed by atoms with van der Waals surface area (Å²) in [5.74, 6) is 0. The van der Waals surface area contributed by atoms with Gasteiger partial charge in [-0.05, 0) is 25.3 Å². The smallest absolute Gasteiger partial charge is 0.391 e. The van der Waals surface area contributed by atoms with Crippen molar-refractivity contribution in [2.75, 3.05) is 6.54 Å². The largest absolute Gasteiger partial charge is 0.402 e. The van der Waals surface area contributed by atoms with Crippen molar-refractivity contribution < 1.29 is 26.7 Å². The number of thiophene rings is 1. The molecule has 1 rings (SSSR count). The molecule has 0 unspecified atom stereocenters. The van der Waals surface area contributed by atoms with Gasteiger partial charge in [-0.15, -0.1) is 11.3 Å². The molecule has 0 spiro atoms. The van der Waals surface area contributed by atoms with Crippen LogP contribution in [0.4, 0.5) is 13.2 Å². The Morgan fingerprint density at radius 1 is 1.42 bits per heavy atom. The standard InChI is InChI=1S/C10H14F3NO3S2/c1-7(2)14(6-10(11,12)13)19(16,17)9-3-4-18-8(9)5-15/h3-4,7,15H,5-6H2,1-2H3. The fraction of sp³-hybridized carbons (Fsp3) is 0.600. The van der Waals surface area contributed by atoms with Crippen LogP contribution < -0.4 is 0 Å². The molecule has 1 aromatic heterocycles. The highest BCUT2D eigenvalue weighted by molar-refractivity contribution is 7.89. The zero-order chi connectivity index (χ0) is 14.8. The first-order chi connectivity index (χ1) is 8.59. The van der Waals surface area contributed by atoms with Gasteiger partial charge in [-0.2, -0.15) is 17.5 Å². The Morgan fingerprint density at radius 3 is 2.42 bits per heavy atom. The number of hydrogen-bond donors (Lipinski definition) is 1. The molecule has 19 heavy (non-hydrogen) atoms. The highest BCUT2D eigenvalue weighted by Gasteiger charge is 2.39. The molecule has 0 radical (unpaired) electrons. The van der Waals surface area contributed by atoms with Crippen molar-refractivity contribution in [1.82, 2.24) is 4.31 Å². The first-order valence-corrected chi connectivity index (χ1v) is 7.67. The molecule has 0 saturated heterocycles. The summed E-state index contributed by atoms with van der Waals surface area (Å²) in [6, 6.07) is 0.371. The van der Waals surface area contributed by atoms with E-state index in [0.29, 0.717) is 4.31 Å². The van der Waals surface area contributed by atoms with Crippen LogP contribution >= 0.6 is 11.3 Å². The Hall–Kier alpha value is -0.640. The molecule has 1 heterocycles. The Balaban J connectivity index is 3.21. The molecule has 9 heteroatoms. The highest BCUT2D eigenvalue weighted by atomic mass is 32.2. The van der Waals surface area contributed by atoms with Gasteiger partial charge in [0.05, 0.1) is 11.5 Å². The summed E-state index contributed by atoms with van der Waals surface area (Å²) in [6.07, 6.45) is -4.62. The topological polar surface area (TPSA) is 57.6 Å². The van der Waals surface area contributed by atoms with Crippen LogP contribution in [0.2, 0.25) is 0 Å². The second kappa shape index (κ2) is 5.78. The molecule has 0 amide bonds. The van der Waals surface area contributed by atoms with Crippen molar-refractivity contribution >= 4 is 21.4 Å². The third-order valence-corrected chi connectivity index (χ3v) is 5.49. The molecular formula is C10H14F3NO3S2. The maximum absolute atomic E-state index is 12.5. The van der Waals surface area contributed by atoms with Crippen LogP contribution in [-0.4, -0.2) is 36.6 Å². The van der Waals surface area contributed by atoms with E-state index in [1.807, 2.05) is 0 Å². The number of aliphatic hydroxyl groups excluding tert-OH is 1. The van der Waals surface area contributed by atoms with Crippen LogP contribution in [0.3, 0.4) is 0 Å². The number of alkyl halides is 3. The molecule has 0 fully saturated rings. The van der Waals surface area contributed by atoms with Crippen molar-refractivity contribution in [1.29, 1.82) is 0 Å². The van der Waals surface area contributed by atoms with E-state index in [4.69, 9.17) is 5.11 Å². The van der Waals surface area contributed by atoms with Crippen molar-refractivity contribution in [2.24, 2.45) is 0 Å². The van der Waals surface area contributed by atoms with Crippen molar-refractivity contribution in [3.8, 4) is 0 Å². The minimum absolute atomic E-state index is 0.132. The van der Waals surface area contributed by atoms with E-state index in [-0.39, 0.29) is 9.77 Å². The van der Waals surface area contributed by atoms with Gasteiger partial charge < -0.3 is 5.11 Å². The first kappa shape index (κ1) is 16.4. The Morgan fingerprint density at radius 2 is 2.00 bits per heavy atom. The van der Waals surface area contributed by atoms with Gasteiger partial charge in [0.2, 0.25) is 10.0 Å². The molecule has 0 aliphatic heterocycles. The van der Waals surface area contributed by atoms with Crippen molar-refractivity contribution in [3.05, 3.63) is 16.3 Å². The van der Waals surface area contributed by atoms with Crippen molar-refractivity contribution in [3.63, 3.8) is 0 Å². The summed E-state index contributed by atoms with van der Waals surface area (Å²) in [6.45, 7) is 0.667. The van der Waals surface area contributed by atoms with Crippen molar-refractivity contribution in [2.45, 2.75) is 37.6 Å². The minimum atomic E-state index is -4.62. The molecule has 110 valence electrons. The lowest BCUT2D eigenvalue weighted by molar-refractivity contribution is -0.138. The molecule has 0 bridgehead atoms. The summed E-state index contributed by atoms with van der Waals surface area (Å²) in [5.41, 5.74) is 0. The van der Waals surface area contributed by atoms with Gasteiger partial charge in [-0.3, -0.25) is 0 Å². The molecule has 0 aliphatic carbocycles. The zero-order valence-electron chi connectivity index (χ0n) is 10.3. The van der Waals surface area contributed by atoms with E-state index >= 15 is 0 Å². The number of aliphatic hydroxyl groups is 1. The van der Waals surface area contributed by atoms with Gasteiger partial charge >= 0.3 is 6.18 Å².